The lowest BCUT2D eigenvalue weighted by Gasteiger charge is -2.11. The molecule has 1 heterocycles. The first kappa shape index (κ1) is 13.9. The lowest BCUT2D eigenvalue weighted by atomic mass is 10.1. The maximum absolute atomic E-state index is 6.13. The van der Waals surface area contributed by atoms with Gasteiger partial charge in [-0.15, -0.1) is 0 Å². The fourth-order valence-corrected chi connectivity index (χ4v) is 2.81. The Bertz CT molecular complexity index is 816. The van der Waals surface area contributed by atoms with E-state index in [-0.39, 0.29) is 0 Å². The molecule has 0 amide bonds. The van der Waals surface area contributed by atoms with E-state index in [9.17, 15) is 0 Å². The molecule has 2 aromatic carbocycles. The minimum atomic E-state index is 0.454. The second-order valence-corrected chi connectivity index (χ2v) is 5.82. The monoisotopic (exact) mass is 345 g/mol. The number of hydrogen-bond donors (Lipinski definition) is 1. The molecule has 21 heavy (non-hydrogen) atoms. The van der Waals surface area contributed by atoms with E-state index in [4.69, 9.17) is 10.5 Å². The number of methoxy groups -OCH3 is 1. The fraction of sp³-hybridized carbons (Fsp3) is 0.188. The van der Waals surface area contributed by atoms with Crippen LogP contribution < -0.4 is 10.5 Å². The van der Waals surface area contributed by atoms with E-state index in [1.807, 2.05) is 22.8 Å². The fourth-order valence-electron chi connectivity index (χ4n) is 2.58. The van der Waals surface area contributed by atoms with E-state index in [0.717, 1.165) is 38.1 Å². The molecule has 0 fully saturated rings. The summed E-state index contributed by atoms with van der Waals surface area (Å²) in [5, 5.41) is 0. The maximum Gasteiger partial charge on any atom is 0.206 e. The number of nitrogen functional groups attached to an aromatic ring is 1. The molecule has 3 rings (SSSR count). The van der Waals surface area contributed by atoms with Gasteiger partial charge in [-0.1, -0.05) is 22.0 Å². The molecule has 0 unspecified atom stereocenters. The van der Waals surface area contributed by atoms with E-state index < -0.39 is 0 Å². The number of benzene rings is 2. The summed E-state index contributed by atoms with van der Waals surface area (Å²) >= 11 is 3.59. The average molecular weight is 346 g/mol. The van der Waals surface area contributed by atoms with Gasteiger partial charge in [0, 0.05) is 10.2 Å². The zero-order valence-corrected chi connectivity index (χ0v) is 13.7. The van der Waals surface area contributed by atoms with Gasteiger partial charge in [0.15, 0.2) is 0 Å². The second kappa shape index (κ2) is 5.07. The van der Waals surface area contributed by atoms with Gasteiger partial charge in [-0.3, -0.25) is 4.57 Å². The Morgan fingerprint density at radius 1 is 1.19 bits per heavy atom. The van der Waals surface area contributed by atoms with Crippen LogP contribution in [0.3, 0.4) is 0 Å². The Morgan fingerprint density at radius 3 is 2.48 bits per heavy atom. The van der Waals surface area contributed by atoms with Crippen LogP contribution in [0.4, 0.5) is 5.95 Å². The Balaban J connectivity index is 2.33. The number of nitrogens with two attached hydrogens (primary N) is 1. The number of ether oxygens (including phenoxy) is 1. The number of aryl methyl sites for hydroxylation is 2. The van der Waals surface area contributed by atoms with Crippen LogP contribution in [0.15, 0.2) is 34.8 Å². The lowest BCUT2D eigenvalue weighted by Crippen LogP contribution is -2.01. The highest BCUT2D eigenvalue weighted by Gasteiger charge is 2.14. The largest absolute Gasteiger partial charge is 0.494 e. The maximum atomic E-state index is 6.13. The molecule has 0 aliphatic rings. The Labute approximate surface area is 131 Å². The summed E-state index contributed by atoms with van der Waals surface area (Å²) in [4.78, 5) is 4.45. The highest BCUT2D eigenvalue weighted by Crippen LogP contribution is 2.31. The topological polar surface area (TPSA) is 53.1 Å². The molecule has 0 spiro atoms. The molecule has 2 N–H and O–H groups in total. The van der Waals surface area contributed by atoms with Crippen LogP contribution in [0, 0.1) is 13.8 Å². The number of nitrogens with zero attached hydrogens (tertiary/aromatic N) is 2. The van der Waals surface area contributed by atoms with Crippen molar-refractivity contribution in [1.29, 1.82) is 0 Å². The number of aromatic nitrogens is 2. The van der Waals surface area contributed by atoms with Gasteiger partial charge < -0.3 is 10.5 Å². The predicted octanol–water partition coefficient (Wildman–Crippen LogP) is 4.00. The number of para-hydroxylation sites is 1. The molecular formula is C16H16BrN3O. The van der Waals surface area contributed by atoms with Gasteiger partial charge in [-0.2, -0.15) is 0 Å². The van der Waals surface area contributed by atoms with E-state index in [0.29, 0.717) is 5.95 Å². The van der Waals surface area contributed by atoms with Gasteiger partial charge in [0.2, 0.25) is 5.95 Å². The highest BCUT2D eigenvalue weighted by molar-refractivity contribution is 9.10. The van der Waals surface area contributed by atoms with Crippen LogP contribution >= 0.6 is 15.9 Å². The third-order valence-corrected chi connectivity index (χ3v) is 4.82. The van der Waals surface area contributed by atoms with Gasteiger partial charge in [0.05, 0.1) is 12.6 Å². The zero-order chi connectivity index (χ0) is 15.1. The first-order valence-electron chi connectivity index (χ1n) is 6.61. The van der Waals surface area contributed by atoms with Crippen LogP contribution in [0.1, 0.15) is 11.1 Å². The molecule has 3 aromatic rings. The summed E-state index contributed by atoms with van der Waals surface area (Å²) in [5.74, 6) is 1.18. The molecule has 0 saturated carbocycles. The normalized spacial score (nSPS) is 11.0. The Kier molecular flexibility index (Phi) is 3.37. The van der Waals surface area contributed by atoms with Gasteiger partial charge in [0.1, 0.15) is 11.3 Å². The lowest BCUT2D eigenvalue weighted by molar-refractivity contribution is 0.419. The molecule has 4 nitrogen and oxygen atoms in total. The van der Waals surface area contributed by atoms with Crippen molar-refractivity contribution in [2.75, 3.05) is 12.8 Å². The quantitative estimate of drug-likeness (QED) is 0.763. The first-order chi connectivity index (χ1) is 10.0. The van der Waals surface area contributed by atoms with Gasteiger partial charge in [0.25, 0.3) is 0 Å². The standard InChI is InChI=1S/C16H16BrN3O/c1-9-7-11(8-10(2)14(9)17)20-12-5-4-6-13(21-3)15(12)19-16(20)18/h4-8H,1-3H3,(H2,18,19). The Morgan fingerprint density at radius 2 is 1.86 bits per heavy atom. The SMILES string of the molecule is COc1cccc2c1nc(N)n2-c1cc(C)c(Br)c(C)c1. The minimum Gasteiger partial charge on any atom is -0.494 e. The summed E-state index contributed by atoms with van der Waals surface area (Å²) in [6, 6.07) is 10.0. The van der Waals surface area contributed by atoms with Crippen molar-refractivity contribution in [3.05, 3.63) is 45.9 Å². The van der Waals surface area contributed by atoms with Crippen molar-refractivity contribution >= 4 is 32.9 Å². The van der Waals surface area contributed by atoms with Crippen molar-refractivity contribution in [1.82, 2.24) is 9.55 Å². The number of rotatable bonds is 2. The molecule has 1 aromatic heterocycles. The van der Waals surface area contributed by atoms with Crippen molar-refractivity contribution in [3.8, 4) is 11.4 Å². The zero-order valence-electron chi connectivity index (χ0n) is 12.1. The molecular weight excluding hydrogens is 330 g/mol. The number of hydrogen-bond acceptors (Lipinski definition) is 3. The van der Waals surface area contributed by atoms with Crippen LogP contribution in [0.5, 0.6) is 5.75 Å². The predicted molar refractivity (Wildman–Crippen MR) is 89.2 cm³/mol. The van der Waals surface area contributed by atoms with Crippen LogP contribution in [-0.2, 0) is 0 Å². The van der Waals surface area contributed by atoms with E-state index >= 15 is 0 Å². The summed E-state index contributed by atoms with van der Waals surface area (Å²) < 4.78 is 8.43. The smallest absolute Gasteiger partial charge is 0.206 e. The summed E-state index contributed by atoms with van der Waals surface area (Å²) in [5.41, 5.74) is 11.2. The number of halogens is 1. The number of fused-ring (bicyclic) bond motifs is 1. The molecule has 0 atom stereocenters. The average Bonchev–Trinajstić information content (AvgIpc) is 2.80. The van der Waals surface area contributed by atoms with Crippen molar-refractivity contribution in [2.24, 2.45) is 0 Å². The van der Waals surface area contributed by atoms with Gasteiger partial charge in [-0.05, 0) is 49.2 Å². The van der Waals surface area contributed by atoms with Crippen molar-refractivity contribution < 1.29 is 4.74 Å². The number of anilines is 1. The van der Waals surface area contributed by atoms with Crippen LogP contribution in [-0.4, -0.2) is 16.7 Å². The van der Waals surface area contributed by atoms with E-state index in [1.165, 1.54) is 0 Å². The van der Waals surface area contributed by atoms with Gasteiger partial charge in [-0.25, -0.2) is 4.98 Å². The molecule has 0 aliphatic carbocycles. The third-order valence-electron chi connectivity index (χ3n) is 3.57. The molecule has 0 aliphatic heterocycles. The summed E-state index contributed by atoms with van der Waals surface area (Å²) in [6.45, 7) is 4.13. The van der Waals surface area contributed by atoms with Crippen LogP contribution in [0.25, 0.3) is 16.7 Å². The number of imidazole rings is 1. The Hall–Kier alpha value is -2.01. The summed E-state index contributed by atoms with van der Waals surface area (Å²) in [6.07, 6.45) is 0. The molecule has 0 radical (unpaired) electrons. The van der Waals surface area contributed by atoms with E-state index in [1.54, 1.807) is 7.11 Å². The summed E-state index contributed by atoms with van der Waals surface area (Å²) in [7, 11) is 1.64. The molecule has 108 valence electrons. The third kappa shape index (κ3) is 2.17. The first-order valence-corrected chi connectivity index (χ1v) is 7.40. The molecule has 0 saturated heterocycles. The van der Waals surface area contributed by atoms with Crippen molar-refractivity contribution in [3.63, 3.8) is 0 Å². The van der Waals surface area contributed by atoms with Crippen LogP contribution in [0.2, 0.25) is 0 Å². The minimum absolute atomic E-state index is 0.454. The van der Waals surface area contributed by atoms with Gasteiger partial charge >= 0.3 is 0 Å². The molecule has 5 heteroatoms. The highest BCUT2D eigenvalue weighted by atomic mass is 79.9. The second-order valence-electron chi connectivity index (χ2n) is 5.03. The molecule has 0 bridgehead atoms. The van der Waals surface area contributed by atoms with Crippen molar-refractivity contribution in [2.45, 2.75) is 13.8 Å². The van der Waals surface area contributed by atoms with E-state index in [2.05, 4.69) is 46.9 Å².